The van der Waals surface area contributed by atoms with Gasteiger partial charge in [-0.25, -0.2) is 4.98 Å². The van der Waals surface area contributed by atoms with Gasteiger partial charge in [0.15, 0.2) is 11.4 Å². The van der Waals surface area contributed by atoms with Crippen LogP contribution in [0.3, 0.4) is 0 Å². The number of aryl methyl sites for hydroxylation is 1. The van der Waals surface area contributed by atoms with Gasteiger partial charge in [-0.1, -0.05) is 0 Å². The van der Waals surface area contributed by atoms with E-state index in [9.17, 15) is 9.90 Å². The molecule has 3 N–H and O–H groups in total. The topological polar surface area (TPSA) is 87.9 Å². The average Bonchev–Trinajstić information content (AvgIpc) is 3.03. The lowest BCUT2D eigenvalue weighted by molar-refractivity contribution is 0.0882. The molecule has 0 bridgehead atoms. The number of β-amino-alcohol motifs (C(OH)–C–C–N with tert-alkyl or cyclic N) is 1. The number of carbonyl (C=O) groups excluding carboxylic acids is 1. The van der Waals surface area contributed by atoms with Gasteiger partial charge in [-0.15, -0.1) is 0 Å². The summed E-state index contributed by atoms with van der Waals surface area (Å²) in [5, 5.41) is 15.7. The molecule has 1 saturated heterocycles. The third-order valence-corrected chi connectivity index (χ3v) is 3.80. The standard InChI is InChI=1S/C15H20N4O3/c1-3-22-12-5-4-6-19-13(9(2)17-14(12)19)15(21)18-10-7-16-8-11(10)20/h4-6,10-11,16,20H,3,7-8H2,1-2H3,(H,18,21)/t10-,11-/m0/s1. The van der Waals surface area contributed by atoms with Crippen LogP contribution in [-0.2, 0) is 0 Å². The first-order valence-electron chi connectivity index (χ1n) is 7.42. The first-order valence-corrected chi connectivity index (χ1v) is 7.42. The quantitative estimate of drug-likeness (QED) is 0.746. The van der Waals surface area contributed by atoms with Crippen LogP contribution in [0.25, 0.3) is 5.65 Å². The van der Waals surface area contributed by atoms with E-state index in [1.165, 1.54) is 0 Å². The zero-order valence-electron chi connectivity index (χ0n) is 12.7. The van der Waals surface area contributed by atoms with Crippen molar-refractivity contribution in [2.45, 2.75) is 26.0 Å². The van der Waals surface area contributed by atoms with E-state index in [4.69, 9.17) is 4.74 Å². The van der Waals surface area contributed by atoms with Crippen LogP contribution in [0.2, 0.25) is 0 Å². The number of amides is 1. The van der Waals surface area contributed by atoms with E-state index in [0.29, 0.717) is 42.5 Å². The van der Waals surface area contributed by atoms with Crippen LogP contribution in [0.4, 0.5) is 0 Å². The molecule has 2 aromatic rings. The Morgan fingerprint density at radius 1 is 1.59 bits per heavy atom. The van der Waals surface area contributed by atoms with Crippen LogP contribution in [-0.4, -0.2) is 52.2 Å². The number of imidazole rings is 1. The molecule has 1 aliphatic heterocycles. The average molecular weight is 304 g/mol. The predicted molar refractivity (Wildman–Crippen MR) is 81.2 cm³/mol. The first kappa shape index (κ1) is 14.8. The third-order valence-electron chi connectivity index (χ3n) is 3.80. The van der Waals surface area contributed by atoms with E-state index in [1.54, 1.807) is 17.5 Å². The van der Waals surface area contributed by atoms with Crippen molar-refractivity contribution in [1.82, 2.24) is 20.0 Å². The van der Waals surface area contributed by atoms with Gasteiger partial charge >= 0.3 is 0 Å². The Morgan fingerprint density at radius 2 is 2.41 bits per heavy atom. The van der Waals surface area contributed by atoms with E-state index >= 15 is 0 Å². The molecule has 2 atom stereocenters. The lowest BCUT2D eigenvalue weighted by Gasteiger charge is -2.15. The number of aliphatic hydroxyl groups is 1. The minimum atomic E-state index is -0.567. The summed E-state index contributed by atoms with van der Waals surface area (Å²) < 4.78 is 7.28. The lowest BCUT2D eigenvalue weighted by Crippen LogP contribution is -2.43. The molecule has 0 radical (unpaired) electrons. The van der Waals surface area contributed by atoms with Gasteiger partial charge in [-0.3, -0.25) is 9.20 Å². The second kappa shape index (κ2) is 5.94. The highest BCUT2D eigenvalue weighted by Gasteiger charge is 2.28. The molecule has 7 nitrogen and oxygen atoms in total. The largest absolute Gasteiger partial charge is 0.490 e. The molecule has 118 valence electrons. The number of aliphatic hydroxyl groups excluding tert-OH is 1. The molecule has 22 heavy (non-hydrogen) atoms. The molecular formula is C15H20N4O3. The number of pyridine rings is 1. The van der Waals surface area contributed by atoms with Crippen LogP contribution >= 0.6 is 0 Å². The van der Waals surface area contributed by atoms with Crippen LogP contribution in [0, 0.1) is 6.92 Å². The fourth-order valence-electron chi connectivity index (χ4n) is 2.75. The van der Waals surface area contributed by atoms with Gasteiger partial charge in [0.2, 0.25) is 0 Å². The number of fused-ring (bicyclic) bond motifs is 1. The fraction of sp³-hybridized carbons (Fsp3) is 0.467. The second-order valence-electron chi connectivity index (χ2n) is 5.35. The molecule has 3 rings (SSSR count). The highest BCUT2D eigenvalue weighted by atomic mass is 16.5. The Kier molecular flexibility index (Phi) is 4.00. The summed E-state index contributed by atoms with van der Waals surface area (Å²) >= 11 is 0. The summed E-state index contributed by atoms with van der Waals surface area (Å²) in [6.07, 6.45) is 1.22. The molecule has 0 aliphatic carbocycles. The molecule has 7 heteroatoms. The van der Waals surface area contributed by atoms with Crippen molar-refractivity contribution in [1.29, 1.82) is 0 Å². The minimum Gasteiger partial charge on any atom is -0.490 e. The fourth-order valence-corrected chi connectivity index (χ4v) is 2.75. The molecule has 1 fully saturated rings. The van der Waals surface area contributed by atoms with Gasteiger partial charge in [0.1, 0.15) is 5.69 Å². The van der Waals surface area contributed by atoms with E-state index < -0.39 is 6.10 Å². The second-order valence-corrected chi connectivity index (χ2v) is 5.35. The van der Waals surface area contributed by atoms with Gasteiger partial charge in [0.25, 0.3) is 5.91 Å². The van der Waals surface area contributed by atoms with Crippen molar-refractivity contribution in [2.75, 3.05) is 19.7 Å². The number of nitrogens with one attached hydrogen (secondary N) is 2. The minimum absolute atomic E-state index is 0.244. The summed E-state index contributed by atoms with van der Waals surface area (Å²) in [4.78, 5) is 17.0. The normalized spacial score (nSPS) is 21.2. The van der Waals surface area contributed by atoms with Crippen LogP contribution in [0.15, 0.2) is 18.3 Å². The number of hydrogen-bond acceptors (Lipinski definition) is 5. The summed E-state index contributed by atoms with van der Waals surface area (Å²) in [5.74, 6) is 0.404. The number of rotatable bonds is 4. The maximum atomic E-state index is 12.6. The Morgan fingerprint density at radius 3 is 3.09 bits per heavy atom. The Hall–Kier alpha value is -2.12. The molecule has 0 unspecified atom stereocenters. The van der Waals surface area contributed by atoms with Crippen molar-refractivity contribution in [2.24, 2.45) is 0 Å². The zero-order chi connectivity index (χ0) is 15.7. The SMILES string of the molecule is CCOc1cccn2c(C(=O)N[C@H]3CNC[C@@H]3O)c(C)nc12. The van der Waals surface area contributed by atoms with E-state index in [0.717, 1.165) is 0 Å². The van der Waals surface area contributed by atoms with Gasteiger partial charge < -0.3 is 20.5 Å². The number of ether oxygens (including phenoxy) is 1. The van der Waals surface area contributed by atoms with E-state index in [1.807, 2.05) is 19.1 Å². The molecule has 0 spiro atoms. The van der Waals surface area contributed by atoms with Crippen LogP contribution in [0.1, 0.15) is 23.1 Å². The van der Waals surface area contributed by atoms with Crippen molar-refractivity contribution < 1.29 is 14.6 Å². The van der Waals surface area contributed by atoms with Gasteiger partial charge in [0.05, 0.1) is 24.4 Å². The lowest BCUT2D eigenvalue weighted by atomic mass is 10.2. The molecule has 3 heterocycles. The number of nitrogens with zero attached hydrogens (tertiary/aromatic N) is 2. The summed E-state index contributed by atoms with van der Waals surface area (Å²) in [6, 6.07) is 3.37. The molecule has 1 amide bonds. The van der Waals surface area contributed by atoms with Crippen molar-refractivity contribution in [3.63, 3.8) is 0 Å². The highest BCUT2D eigenvalue weighted by Crippen LogP contribution is 2.22. The summed E-state index contributed by atoms with van der Waals surface area (Å²) in [6.45, 7) is 5.29. The van der Waals surface area contributed by atoms with E-state index in [-0.39, 0.29) is 11.9 Å². The maximum Gasteiger partial charge on any atom is 0.270 e. The summed E-state index contributed by atoms with van der Waals surface area (Å²) in [5.41, 5.74) is 1.72. The smallest absolute Gasteiger partial charge is 0.270 e. The molecule has 0 saturated carbocycles. The third kappa shape index (κ3) is 2.53. The predicted octanol–water partition coefficient (Wildman–Crippen LogP) is 0.104. The van der Waals surface area contributed by atoms with Gasteiger partial charge in [-0.2, -0.15) is 0 Å². The zero-order valence-corrected chi connectivity index (χ0v) is 12.7. The van der Waals surface area contributed by atoms with E-state index in [2.05, 4.69) is 15.6 Å². The first-order chi connectivity index (χ1) is 10.6. The molecular weight excluding hydrogens is 284 g/mol. The maximum absolute atomic E-state index is 12.6. The summed E-state index contributed by atoms with van der Waals surface area (Å²) in [7, 11) is 0. The Bertz CT molecular complexity index is 697. The Balaban J connectivity index is 1.94. The van der Waals surface area contributed by atoms with Crippen molar-refractivity contribution in [3.8, 4) is 5.75 Å². The monoisotopic (exact) mass is 304 g/mol. The van der Waals surface area contributed by atoms with Crippen molar-refractivity contribution >= 4 is 11.6 Å². The highest BCUT2D eigenvalue weighted by molar-refractivity contribution is 5.95. The van der Waals surface area contributed by atoms with Gasteiger partial charge in [0, 0.05) is 19.3 Å². The number of carbonyl (C=O) groups is 1. The van der Waals surface area contributed by atoms with Gasteiger partial charge in [-0.05, 0) is 26.0 Å². The Labute approximate surface area is 128 Å². The molecule has 1 aliphatic rings. The molecule has 2 aromatic heterocycles. The van der Waals surface area contributed by atoms with Crippen molar-refractivity contribution in [3.05, 3.63) is 29.7 Å². The van der Waals surface area contributed by atoms with Crippen LogP contribution in [0.5, 0.6) is 5.75 Å². The van der Waals surface area contributed by atoms with Crippen LogP contribution < -0.4 is 15.4 Å². The number of aromatic nitrogens is 2. The molecule has 0 aromatic carbocycles. The number of hydrogen-bond donors (Lipinski definition) is 3.